The molecule has 1 aromatic heterocycles. The first kappa shape index (κ1) is 23.1. The van der Waals surface area contributed by atoms with Gasteiger partial charge in [-0.2, -0.15) is 0 Å². The lowest BCUT2D eigenvalue weighted by Crippen LogP contribution is -2.38. The van der Waals surface area contributed by atoms with Crippen LogP contribution >= 0.6 is 34.7 Å². The first-order chi connectivity index (χ1) is 15.9. The molecular formula is C24H20ClN3O3S2. The second kappa shape index (κ2) is 10.2. The fourth-order valence-corrected chi connectivity index (χ4v) is 5.42. The quantitative estimate of drug-likeness (QED) is 0.327. The number of hydrogen-bond acceptors (Lipinski definition) is 5. The fourth-order valence-electron chi connectivity index (χ4n) is 3.23. The van der Waals surface area contributed by atoms with Gasteiger partial charge in [0, 0.05) is 20.5 Å². The van der Waals surface area contributed by atoms with E-state index in [0.717, 1.165) is 30.9 Å². The van der Waals surface area contributed by atoms with E-state index in [2.05, 4.69) is 10.6 Å². The summed E-state index contributed by atoms with van der Waals surface area (Å²) in [4.78, 5) is 40.3. The molecule has 0 spiro atoms. The minimum Gasteiger partial charge on any atom is -0.324 e. The van der Waals surface area contributed by atoms with Crippen LogP contribution in [0.2, 0.25) is 5.02 Å². The lowest BCUT2D eigenvalue weighted by Gasteiger charge is -2.13. The van der Waals surface area contributed by atoms with Crippen LogP contribution in [0.3, 0.4) is 0 Å². The van der Waals surface area contributed by atoms with Crippen molar-refractivity contribution in [2.75, 3.05) is 11.9 Å². The molecule has 0 atom stereocenters. The molecule has 0 bridgehead atoms. The van der Waals surface area contributed by atoms with Gasteiger partial charge in [-0.1, -0.05) is 48.5 Å². The predicted molar refractivity (Wildman–Crippen MR) is 133 cm³/mol. The van der Waals surface area contributed by atoms with Crippen molar-refractivity contribution >= 4 is 64.3 Å². The van der Waals surface area contributed by atoms with Crippen molar-refractivity contribution in [2.45, 2.75) is 22.4 Å². The van der Waals surface area contributed by atoms with Crippen LogP contribution in [-0.4, -0.2) is 29.3 Å². The van der Waals surface area contributed by atoms with Crippen LogP contribution in [0.25, 0.3) is 6.08 Å². The molecule has 2 heterocycles. The third-order valence-corrected chi connectivity index (χ3v) is 7.28. The van der Waals surface area contributed by atoms with Crippen molar-refractivity contribution in [3.63, 3.8) is 0 Å². The highest BCUT2D eigenvalue weighted by Crippen LogP contribution is 2.34. The monoisotopic (exact) mass is 497 g/mol. The highest BCUT2D eigenvalue weighted by atomic mass is 35.5. The Kier molecular flexibility index (Phi) is 7.17. The predicted octanol–water partition coefficient (Wildman–Crippen LogP) is 5.65. The molecule has 4 rings (SSSR count). The van der Waals surface area contributed by atoms with E-state index in [1.54, 1.807) is 23.9 Å². The number of aryl methyl sites for hydroxylation is 1. The number of carbonyl (C=O) groups is 3. The molecule has 1 fully saturated rings. The Bertz CT molecular complexity index is 1240. The van der Waals surface area contributed by atoms with E-state index < -0.39 is 17.8 Å². The number of amides is 4. The van der Waals surface area contributed by atoms with Crippen LogP contribution in [0.4, 0.5) is 10.5 Å². The number of halogens is 1. The highest BCUT2D eigenvalue weighted by Gasteiger charge is 2.35. The summed E-state index contributed by atoms with van der Waals surface area (Å²) in [7, 11) is 0. The van der Waals surface area contributed by atoms with Crippen molar-refractivity contribution in [1.82, 2.24) is 10.2 Å². The summed E-state index contributed by atoms with van der Waals surface area (Å²) < 4.78 is 1.03. The summed E-state index contributed by atoms with van der Waals surface area (Å²) in [6, 6.07) is 18.2. The maximum atomic E-state index is 12.7. The molecule has 4 amide bonds. The van der Waals surface area contributed by atoms with Gasteiger partial charge in [-0.15, -0.1) is 11.3 Å². The Labute approximate surface area is 204 Å². The van der Waals surface area contributed by atoms with Gasteiger partial charge in [0.15, 0.2) is 0 Å². The highest BCUT2D eigenvalue weighted by molar-refractivity contribution is 8.01. The minimum absolute atomic E-state index is 0.145. The summed E-state index contributed by atoms with van der Waals surface area (Å²) >= 11 is 9.01. The topological polar surface area (TPSA) is 78.5 Å². The molecule has 9 heteroatoms. The van der Waals surface area contributed by atoms with Crippen molar-refractivity contribution < 1.29 is 14.4 Å². The molecule has 1 saturated heterocycles. The van der Waals surface area contributed by atoms with Gasteiger partial charge < -0.3 is 10.6 Å². The van der Waals surface area contributed by atoms with Crippen molar-refractivity contribution in [3.05, 3.63) is 81.8 Å². The number of benzene rings is 2. The molecule has 2 N–H and O–H groups in total. The average Bonchev–Trinajstić information content (AvgIpc) is 3.35. The third-order valence-electron chi connectivity index (χ3n) is 4.86. The van der Waals surface area contributed by atoms with Crippen LogP contribution in [0, 0.1) is 0 Å². The summed E-state index contributed by atoms with van der Waals surface area (Å²) in [5.41, 5.74) is 1.80. The summed E-state index contributed by atoms with van der Waals surface area (Å²) in [6.07, 6.45) is 2.38. The summed E-state index contributed by atoms with van der Waals surface area (Å²) in [6.45, 7) is 1.63. The van der Waals surface area contributed by atoms with Crippen LogP contribution in [-0.2, 0) is 16.0 Å². The lowest BCUT2D eigenvalue weighted by atomic mass is 10.1. The first-order valence-electron chi connectivity index (χ1n) is 10.2. The van der Waals surface area contributed by atoms with Crippen LogP contribution < -0.4 is 10.6 Å². The number of nitrogens with one attached hydrogen (secondary N) is 2. The second-order valence-electron chi connectivity index (χ2n) is 7.15. The van der Waals surface area contributed by atoms with Crippen LogP contribution in [0.5, 0.6) is 0 Å². The third kappa shape index (κ3) is 5.65. The normalized spacial score (nSPS) is 14.6. The number of urea groups is 1. The number of hydrogen-bond donors (Lipinski definition) is 2. The first-order valence-corrected chi connectivity index (χ1v) is 12.2. The molecule has 1 aliphatic rings. The van der Waals surface area contributed by atoms with E-state index >= 15 is 0 Å². The molecule has 0 saturated carbocycles. The summed E-state index contributed by atoms with van der Waals surface area (Å²) in [5.74, 6) is -0.961. The molecule has 2 aromatic carbocycles. The van der Waals surface area contributed by atoms with Gasteiger partial charge in [-0.25, -0.2) is 9.69 Å². The van der Waals surface area contributed by atoms with Crippen LogP contribution in [0.1, 0.15) is 17.4 Å². The molecular weight excluding hydrogens is 478 g/mol. The zero-order chi connectivity index (χ0) is 23.4. The molecule has 3 aromatic rings. The van der Waals surface area contributed by atoms with E-state index in [1.165, 1.54) is 11.3 Å². The number of nitrogens with zero attached hydrogens (tertiary/aromatic N) is 1. The minimum atomic E-state index is -0.613. The Balaban J connectivity index is 1.41. The van der Waals surface area contributed by atoms with E-state index in [-0.39, 0.29) is 12.2 Å². The van der Waals surface area contributed by atoms with Gasteiger partial charge in [-0.05, 0) is 60.5 Å². The van der Waals surface area contributed by atoms with Gasteiger partial charge in [0.05, 0.1) is 4.21 Å². The largest absolute Gasteiger partial charge is 0.329 e. The van der Waals surface area contributed by atoms with E-state index in [4.69, 9.17) is 11.6 Å². The maximum absolute atomic E-state index is 12.7. The average molecular weight is 498 g/mol. The van der Waals surface area contributed by atoms with E-state index in [1.807, 2.05) is 61.5 Å². The van der Waals surface area contributed by atoms with Gasteiger partial charge in [0.2, 0.25) is 5.91 Å². The molecule has 6 nitrogen and oxygen atoms in total. The maximum Gasteiger partial charge on any atom is 0.329 e. The number of anilines is 1. The molecule has 0 unspecified atom stereocenters. The Morgan fingerprint density at radius 2 is 1.88 bits per heavy atom. The molecule has 1 aliphatic heterocycles. The molecule has 168 valence electrons. The molecule has 0 aliphatic carbocycles. The number of para-hydroxylation sites is 1. The number of rotatable bonds is 7. The van der Waals surface area contributed by atoms with Gasteiger partial charge >= 0.3 is 6.03 Å². The van der Waals surface area contributed by atoms with Gasteiger partial charge in [0.25, 0.3) is 5.91 Å². The van der Waals surface area contributed by atoms with Crippen molar-refractivity contribution in [3.8, 4) is 0 Å². The Morgan fingerprint density at radius 1 is 1.12 bits per heavy atom. The van der Waals surface area contributed by atoms with Crippen molar-refractivity contribution in [2.24, 2.45) is 0 Å². The Morgan fingerprint density at radius 3 is 2.64 bits per heavy atom. The second-order valence-corrected chi connectivity index (χ2v) is 10.1. The van der Waals surface area contributed by atoms with E-state index in [0.29, 0.717) is 10.7 Å². The number of carbonyl (C=O) groups excluding carboxylic acids is 3. The summed E-state index contributed by atoms with van der Waals surface area (Å²) in [5, 5.41) is 6.03. The van der Waals surface area contributed by atoms with Crippen LogP contribution in [0.15, 0.2) is 75.5 Å². The fraction of sp³-hybridized carbons (Fsp3) is 0.125. The molecule has 33 heavy (non-hydrogen) atoms. The Hall–Kier alpha value is -3.07. The van der Waals surface area contributed by atoms with Gasteiger partial charge in [-0.3, -0.25) is 9.59 Å². The SMILES string of the molecule is CCc1ccccc1NC(=O)CN1C(=O)N/C(=C/c2ccc(Sc3ccc(Cl)cc3)s2)C1=O. The number of imide groups is 1. The standard InChI is InChI=1S/C24H20ClN3O3S2/c1-2-15-5-3-4-6-19(15)26-21(29)14-28-23(30)20(27-24(28)31)13-18-11-12-22(33-18)32-17-9-7-16(25)8-10-17/h3-13H,2,14H2,1H3,(H,26,29)(H,27,31)/b20-13+. The smallest absolute Gasteiger partial charge is 0.324 e. The zero-order valence-electron chi connectivity index (χ0n) is 17.6. The molecule has 0 radical (unpaired) electrons. The number of thiophene rings is 1. The lowest BCUT2D eigenvalue weighted by molar-refractivity contribution is -0.127. The van der Waals surface area contributed by atoms with Crippen molar-refractivity contribution in [1.29, 1.82) is 0 Å². The van der Waals surface area contributed by atoms with Gasteiger partial charge in [0.1, 0.15) is 12.2 Å². The van der Waals surface area contributed by atoms with E-state index in [9.17, 15) is 14.4 Å². The zero-order valence-corrected chi connectivity index (χ0v) is 20.0.